The van der Waals surface area contributed by atoms with Crippen LogP contribution in [0.25, 0.3) is 0 Å². The molecule has 12 heavy (non-hydrogen) atoms. The highest BCUT2D eigenvalue weighted by atomic mass is 16.2. The molecule has 0 aliphatic carbocycles. The molecule has 0 saturated carbocycles. The first-order valence-electron chi connectivity index (χ1n) is 4.27. The van der Waals surface area contributed by atoms with Gasteiger partial charge in [0, 0.05) is 26.2 Å². The summed E-state index contributed by atoms with van der Waals surface area (Å²) >= 11 is 0. The Kier molecular flexibility index (Phi) is 1.78. The molecule has 0 unspecified atom stereocenters. The van der Waals surface area contributed by atoms with E-state index in [1.165, 1.54) is 0 Å². The van der Waals surface area contributed by atoms with Gasteiger partial charge in [-0.2, -0.15) is 0 Å². The summed E-state index contributed by atoms with van der Waals surface area (Å²) in [5, 5.41) is 3.31. The van der Waals surface area contributed by atoms with Gasteiger partial charge in [0.15, 0.2) is 0 Å². The van der Waals surface area contributed by atoms with E-state index in [1.54, 1.807) is 4.90 Å². The van der Waals surface area contributed by atoms with E-state index in [2.05, 4.69) is 11.2 Å². The van der Waals surface area contributed by atoms with Gasteiger partial charge in [-0.1, -0.05) is 0 Å². The number of nitrogens with zero attached hydrogens (tertiary/aromatic N) is 1. The minimum atomic E-state index is -0.149. The van der Waals surface area contributed by atoms with Crippen LogP contribution in [-0.2, 0) is 4.79 Å². The lowest BCUT2D eigenvalue weighted by Crippen LogP contribution is -2.30. The monoisotopic (exact) mass is 164 g/mol. The number of hydrogen-bond acceptors (Lipinski definition) is 2. The second-order valence-electron chi connectivity index (χ2n) is 3.53. The number of fused-ring (bicyclic) bond motifs is 1. The van der Waals surface area contributed by atoms with Crippen LogP contribution in [0.3, 0.4) is 0 Å². The maximum atomic E-state index is 11.1. The zero-order valence-electron chi connectivity index (χ0n) is 6.92. The molecular weight excluding hydrogens is 152 g/mol. The quantitative estimate of drug-likeness (QED) is 0.480. The Morgan fingerprint density at radius 2 is 2.00 bits per heavy atom. The Bertz CT molecular complexity index is 231. The Labute approximate surface area is 72.1 Å². The number of hydrogen-bond donors (Lipinski definition) is 1. The van der Waals surface area contributed by atoms with Crippen molar-refractivity contribution >= 4 is 5.91 Å². The third-order valence-corrected chi connectivity index (χ3v) is 2.80. The average molecular weight is 164 g/mol. The zero-order valence-corrected chi connectivity index (χ0v) is 6.92. The van der Waals surface area contributed by atoms with Crippen molar-refractivity contribution in [1.82, 2.24) is 10.2 Å². The van der Waals surface area contributed by atoms with E-state index in [-0.39, 0.29) is 5.91 Å². The minimum absolute atomic E-state index is 0.149. The summed E-state index contributed by atoms with van der Waals surface area (Å²) in [6.45, 7) is 3.78. The molecule has 0 bridgehead atoms. The number of nitrogens with one attached hydrogen (secondary N) is 1. The second-order valence-corrected chi connectivity index (χ2v) is 3.53. The number of likely N-dealkylation sites (tertiary alicyclic amines) is 1. The SMILES string of the molecule is C#CC(=O)N1C[C@H]2CNC[C@H]2C1. The van der Waals surface area contributed by atoms with E-state index in [4.69, 9.17) is 6.42 Å². The first kappa shape index (κ1) is 7.63. The zero-order chi connectivity index (χ0) is 8.55. The van der Waals surface area contributed by atoms with Crippen LogP contribution < -0.4 is 5.32 Å². The molecule has 2 rings (SSSR count). The van der Waals surface area contributed by atoms with Gasteiger partial charge in [0.2, 0.25) is 0 Å². The molecule has 2 heterocycles. The Morgan fingerprint density at radius 1 is 1.42 bits per heavy atom. The third-order valence-electron chi connectivity index (χ3n) is 2.80. The van der Waals surface area contributed by atoms with Crippen molar-refractivity contribution in [2.45, 2.75) is 0 Å². The lowest BCUT2D eigenvalue weighted by atomic mass is 10.0. The Morgan fingerprint density at radius 3 is 2.50 bits per heavy atom. The van der Waals surface area contributed by atoms with Gasteiger partial charge >= 0.3 is 0 Å². The number of carbonyl (C=O) groups is 1. The molecule has 2 aliphatic heterocycles. The van der Waals surface area contributed by atoms with Crippen molar-refractivity contribution < 1.29 is 4.79 Å². The molecule has 0 radical (unpaired) electrons. The third kappa shape index (κ3) is 1.09. The molecule has 0 aromatic rings. The molecule has 0 aromatic heterocycles. The molecule has 0 aromatic carbocycles. The van der Waals surface area contributed by atoms with Gasteiger partial charge in [-0.25, -0.2) is 0 Å². The number of amides is 1. The van der Waals surface area contributed by atoms with Crippen LogP contribution >= 0.6 is 0 Å². The fraction of sp³-hybridized carbons (Fsp3) is 0.667. The largest absolute Gasteiger partial charge is 0.331 e. The summed E-state index contributed by atoms with van der Waals surface area (Å²) in [7, 11) is 0. The molecule has 1 amide bonds. The summed E-state index contributed by atoms with van der Waals surface area (Å²) < 4.78 is 0. The highest BCUT2D eigenvalue weighted by Crippen LogP contribution is 2.25. The lowest BCUT2D eigenvalue weighted by molar-refractivity contribution is -0.124. The van der Waals surface area contributed by atoms with Crippen LogP contribution in [-0.4, -0.2) is 37.0 Å². The van der Waals surface area contributed by atoms with Crippen LogP contribution in [0, 0.1) is 24.2 Å². The lowest BCUT2D eigenvalue weighted by Gasteiger charge is -2.13. The highest BCUT2D eigenvalue weighted by Gasteiger charge is 2.37. The first-order valence-corrected chi connectivity index (χ1v) is 4.27. The number of rotatable bonds is 0. The van der Waals surface area contributed by atoms with Gasteiger partial charge in [0.05, 0.1) is 0 Å². The van der Waals surface area contributed by atoms with E-state index in [9.17, 15) is 4.79 Å². The summed E-state index contributed by atoms with van der Waals surface area (Å²) in [5.74, 6) is 3.30. The van der Waals surface area contributed by atoms with Crippen molar-refractivity contribution in [1.29, 1.82) is 0 Å². The maximum Gasteiger partial charge on any atom is 0.298 e. The second kappa shape index (κ2) is 2.80. The van der Waals surface area contributed by atoms with Crippen molar-refractivity contribution in [2.75, 3.05) is 26.2 Å². The summed E-state index contributed by atoms with van der Waals surface area (Å²) in [4.78, 5) is 12.9. The number of carbonyl (C=O) groups excluding carboxylic acids is 1. The predicted molar refractivity (Wildman–Crippen MR) is 45.3 cm³/mol. The van der Waals surface area contributed by atoms with Crippen LogP contribution in [0.4, 0.5) is 0 Å². The Hall–Kier alpha value is -1.01. The van der Waals surface area contributed by atoms with Gasteiger partial charge in [0.1, 0.15) is 0 Å². The smallest absolute Gasteiger partial charge is 0.298 e. The van der Waals surface area contributed by atoms with Gasteiger partial charge < -0.3 is 10.2 Å². The maximum absolute atomic E-state index is 11.1. The normalized spacial score (nSPS) is 33.1. The summed E-state index contributed by atoms with van der Waals surface area (Å²) in [5.41, 5.74) is 0. The fourth-order valence-corrected chi connectivity index (χ4v) is 2.11. The number of terminal acetylenes is 1. The Balaban J connectivity index is 2.00. The molecule has 2 atom stereocenters. The van der Waals surface area contributed by atoms with E-state index < -0.39 is 0 Å². The van der Waals surface area contributed by atoms with Gasteiger partial charge in [-0.05, 0) is 17.8 Å². The molecule has 3 nitrogen and oxygen atoms in total. The van der Waals surface area contributed by atoms with Crippen molar-refractivity contribution in [3.05, 3.63) is 0 Å². The van der Waals surface area contributed by atoms with E-state index in [0.717, 1.165) is 26.2 Å². The topological polar surface area (TPSA) is 32.3 Å². The molecule has 2 fully saturated rings. The van der Waals surface area contributed by atoms with Crippen LogP contribution in [0.15, 0.2) is 0 Å². The van der Waals surface area contributed by atoms with Crippen molar-refractivity contribution in [3.8, 4) is 12.3 Å². The first-order chi connectivity index (χ1) is 5.81. The molecule has 1 N–H and O–H groups in total. The summed E-state index contributed by atoms with van der Waals surface area (Å²) in [6, 6.07) is 0. The van der Waals surface area contributed by atoms with E-state index >= 15 is 0 Å². The molecule has 2 saturated heterocycles. The van der Waals surface area contributed by atoms with Crippen LogP contribution in [0.1, 0.15) is 0 Å². The van der Waals surface area contributed by atoms with Crippen molar-refractivity contribution in [2.24, 2.45) is 11.8 Å². The van der Waals surface area contributed by atoms with Crippen molar-refractivity contribution in [3.63, 3.8) is 0 Å². The predicted octanol–water partition coefficient (Wildman–Crippen LogP) is -0.703. The van der Waals surface area contributed by atoms with Gasteiger partial charge in [0.25, 0.3) is 5.91 Å². The molecule has 2 aliphatic rings. The molecular formula is C9H12N2O. The van der Waals surface area contributed by atoms with Gasteiger partial charge in [-0.3, -0.25) is 4.79 Å². The standard InChI is InChI=1S/C9H12N2O/c1-2-9(12)11-5-7-3-10-4-8(7)6-11/h1,7-8,10H,3-6H2/t7-,8+. The molecule has 64 valence electrons. The van der Waals surface area contributed by atoms with E-state index in [0.29, 0.717) is 11.8 Å². The van der Waals surface area contributed by atoms with Crippen LogP contribution in [0.2, 0.25) is 0 Å². The molecule has 3 heteroatoms. The fourth-order valence-electron chi connectivity index (χ4n) is 2.11. The highest BCUT2D eigenvalue weighted by molar-refractivity contribution is 5.93. The summed E-state index contributed by atoms with van der Waals surface area (Å²) in [6.07, 6.45) is 5.05. The average Bonchev–Trinajstić information content (AvgIpc) is 2.60. The van der Waals surface area contributed by atoms with E-state index in [1.807, 2.05) is 0 Å². The van der Waals surface area contributed by atoms with Gasteiger partial charge in [-0.15, -0.1) is 6.42 Å². The minimum Gasteiger partial charge on any atom is -0.331 e. The van der Waals surface area contributed by atoms with Crippen LogP contribution in [0.5, 0.6) is 0 Å². The molecule has 0 spiro atoms.